The molecule has 0 bridgehead atoms. The first kappa shape index (κ1) is 24.2. The second-order valence-corrected chi connectivity index (χ2v) is 8.53. The Morgan fingerprint density at radius 1 is 1.17 bits per heavy atom. The highest BCUT2D eigenvalue weighted by Gasteiger charge is 2.21. The largest absolute Gasteiger partial charge is 0.375 e. The summed E-state index contributed by atoms with van der Waals surface area (Å²) in [7, 11) is 5.09. The van der Waals surface area contributed by atoms with Crippen LogP contribution in [-0.4, -0.2) is 57.2 Å². The highest BCUT2D eigenvalue weighted by atomic mass is 16.5. The molecular weight excluding hydrogens is 444 g/mol. The fourth-order valence-electron chi connectivity index (χ4n) is 4.16. The third-order valence-corrected chi connectivity index (χ3v) is 5.74. The Kier molecular flexibility index (Phi) is 7.26. The molecule has 0 spiro atoms. The summed E-state index contributed by atoms with van der Waals surface area (Å²) in [6, 6.07) is 15.2. The summed E-state index contributed by atoms with van der Waals surface area (Å²) in [5, 5.41) is 10.2. The van der Waals surface area contributed by atoms with E-state index in [0.717, 1.165) is 41.1 Å². The molecule has 0 aliphatic carbocycles. The van der Waals surface area contributed by atoms with Crippen LogP contribution in [0.2, 0.25) is 0 Å². The molecule has 0 aliphatic heterocycles. The van der Waals surface area contributed by atoms with Gasteiger partial charge in [0.25, 0.3) is 5.91 Å². The van der Waals surface area contributed by atoms with Crippen molar-refractivity contribution in [1.82, 2.24) is 24.6 Å². The number of methoxy groups -OCH3 is 1. The number of amides is 2. The number of H-pyrrole nitrogens is 1. The van der Waals surface area contributed by atoms with Crippen molar-refractivity contribution in [3.05, 3.63) is 65.5 Å². The van der Waals surface area contributed by atoms with Crippen LogP contribution in [0.3, 0.4) is 0 Å². The van der Waals surface area contributed by atoms with Gasteiger partial charge >= 0.3 is 0 Å². The highest BCUT2D eigenvalue weighted by Crippen LogP contribution is 2.31. The second kappa shape index (κ2) is 10.5. The van der Waals surface area contributed by atoms with Gasteiger partial charge in [-0.25, -0.2) is 4.98 Å². The molecular formula is C26H30N6O3. The molecule has 4 aromatic rings. The number of hydrogen-bond acceptors (Lipinski definition) is 5. The Hall–Kier alpha value is -3.98. The molecule has 2 N–H and O–H groups in total. The molecule has 2 aromatic heterocycles. The molecule has 182 valence electrons. The van der Waals surface area contributed by atoms with Crippen molar-refractivity contribution in [2.75, 3.05) is 26.1 Å². The van der Waals surface area contributed by atoms with Crippen LogP contribution in [0.1, 0.15) is 35.1 Å². The topological polar surface area (TPSA) is 105 Å². The zero-order chi connectivity index (χ0) is 24.9. The van der Waals surface area contributed by atoms with E-state index < -0.39 is 0 Å². The monoisotopic (exact) mass is 474 g/mol. The highest BCUT2D eigenvalue weighted by molar-refractivity contribution is 6.06. The minimum Gasteiger partial charge on any atom is -0.375 e. The molecule has 35 heavy (non-hydrogen) atoms. The summed E-state index contributed by atoms with van der Waals surface area (Å²) in [5.41, 5.74) is 5.06. The first-order valence-corrected chi connectivity index (χ1v) is 11.5. The molecule has 0 saturated heterocycles. The van der Waals surface area contributed by atoms with Crippen molar-refractivity contribution in [3.63, 3.8) is 0 Å². The third-order valence-electron chi connectivity index (χ3n) is 5.74. The van der Waals surface area contributed by atoms with E-state index in [1.54, 1.807) is 24.1 Å². The number of carbonyl (C=O) groups excluding carboxylic acids is 2. The van der Waals surface area contributed by atoms with Crippen LogP contribution in [0.4, 0.5) is 5.69 Å². The van der Waals surface area contributed by atoms with Gasteiger partial charge in [0.2, 0.25) is 5.91 Å². The van der Waals surface area contributed by atoms with Crippen LogP contribution < -0.4 is 5.32 Å². The van der Waals surface area contributed by atoms with Gasteiger partial charge in [-0.2, -0.15) is 5.10 Å². The fraction of sp³-hybridized carbons (Fsp3) is 0.308. The maximum Gasteiger partial charge on any atom is 0.254 e. The molecule has 2 heterocycles. The SMILES string of the molecule is CCCc1cc(CN(C)C(=O)c2cc(NC(=O)COC)c3c(c2)nc(-c2ccccc2)n3C)[nH]n1. The summed E-state index contributed by atoms with van der Waals surface area (Å²) >= 11 is 0. The average molecular weight is 475 g/mol. The lowest BCUT2D eigenvalue weighted by atomic mass is 10.1. The average Bonchev–Trinajstić information content (AvgIpc) is 3.43. The first-order valence-electron chi connectivity index (χ1n) is 11.5. The van der Waals surface area contributed by atoms with Gasteiger partial charge in [-0.05, 0) is 24.6 Å². The van der Waals surface area contributed by atoms with E-state index >= 15 is 0 Å². The standard InChI is InChI=1S/C26H30N6O3/c1-5-9-19-14-20(30-29-19)15-31(2)26(34)18-12-21(27-23(33)16-35-4)24-22(13-18)28-25(32(24)3)17-10-7-6-8-11-17/h6-8,10-14H,5,9,15-16H2,1-4H3,(H,27,33)(H,29,30). The molecule has 0 unspecified atom stereocenters. The van der Waals surface area contributed by atoms with E-state index in [1.807, 2.05) is 48.0 Å². The van der Waals surface area contributed by atoms with Crippen molar-refractivity contribution < 1.29 is 14.3 Å². The number of benzene rings is 2. The molecule has 0 fully saturated rings. The van der Waals surface area contributed by atoms with Gasteiger partial charge in [0.1, 0.15) is 12.4 Å². The summed E-state index contributed by atoms with van der Waals surface area (Å²) in [4.78, 5) is 32.2. The number of rotatable bonds is 9. The number of carbonyl (C=O) groups is 2. The van der Waals surface area contributed by atoms with Crippen LogP contribution >= 0.6 is 0 Å². The second-order valence-electron chi connectivity index (χ2n) is 8.53. The van der Waals surface area contributed by atoms with Crippen LogP contribution in [-0.2, 0) is 29.5 Å². The number of aryl methyl sites for hydroxylation is 2. The summed E-state index contributed by atoms with van der Waals surface area (Å²) in [5.74, 6) is 0.240. The number of hydrogen-bond donors (Lipinski definition) is 2. The van der Waals surface area contributed by atoms with Crippen LogP contribution in [0, 0.1) is 0 Å². The Labute approximate surface area is 204 Å². The van der Waals surface area contributed by atoms with Gasteiger partial charge in [-0.3, -0.25) is 14.7 Å². The lowest BCUT2D eigenvalue weighted by Crippen LogP contribution is -2.26. The van der Waals surface area contributed by atoms with E-state index in [4.69, 9.17) is 9.72 Å². The fourth-order valence-corrected chi connectivity index (χ4v) is 4.16. The maximum atomic E-state index is 13.4. The number of ether oxygens (including phenoxy) is 1. The minimum atomic E-state index is -0.310. The molecule has 2 aromatic carbocycles. The Bertz CT molecular complexity index is 1340. The Morgan fingerprint density at radius 3 is 2.66 bits per heavy atom. The van der Waals surface area contributed by atoms with Crippen molar-refractivity contribution in [2.24, 2.45) is 7.05 Å². The maximum absolute atomic E-state index is 13.4. The van der Waals surface area contributed by atoms with Gasteiger partial charge in [0.05, 0.1) is 34.7 Å². The predicted octanol–water partition coefficient (Wildman–Crippen LogP) is 3.77. The zero-order valence-corrected chi connectivity index (χ0v) is 20.5. The normalized spacial score (nSPS) is 11.1. The molecule has 9 nitrogen and oxygen atoms in total. The van der Waals surface area contributed by atoms with Gasteiger partial charge in [-0.1, -0.05) is 43.7 Å². The zero-order valence-electron chi connectivity index (χ0n) is 20.5. The van der Waals surface area contributed by atoms with Gasteiger partial charge in [0.15, 0.2) is 0 Å². The van der Waals surface area contributed by atoms with E-state index in [0.29, 0.717) is 23.3 Å². The van der Waals surface area contributed by atoms with Crippen molar-refractivity contribution >= 4 is 28.5 Å². The van der Waals surface area contributed by atoms with E-state index in [2.05, 4.69) is 22.4 Å². The predicted molar refractivity (Wildman–Crippen MR) is 135 cm³/mol. The van der Waals surface area contributed by atoms with E-state index in [1.165, 1.54) is 7.11 Å². The smallest absolute Gasteiger partial charge is 0.254 e. The van der Waals surface area contributed by atoms with Gasteiger partial charge in [0, 0.05) is 32.3 Å². The number of imidazole rings is 1. The molecule has 0 atom stereocenters. The number of nitrogens with one attached hydrogen (secondary N) is 2. The number of aromatic amines is 1. The van der Waals surface area contributed by atoms with Crippen molar-refractivity contribution in [3.8, 4) is 11.4 Å². The Morgan fingerprint density at radius 2 is 1.94 bits per heavy atom. The van der Waals surface area contributed by atoms with E-state index in [9.17, 15) is 9.59 Å². The van der Waals surface area contributed by atoms with Crippen molar-refractivity contribution in [1.29, 1.82) is 0 Å². The lowest BCUT2D eigenvalue weighted by Gasteiger charge is -2.17. The Balaban J connectivity index is 1.71. The van der Waals surface area contributed by atoms with Crippen LogP contribution in [0.5, 0.6) is 0 Å². The number of fused-ring (bicyclic) bond motifs is 1. The summed E-state index contributed by atoms with van der Waals surface area (Å²) < 4.78 is 6.90. The number of anilines is 1. The molecule has 0 aliphatic rings. The van der Waals surface area contributed by atoms with Gasteiger partial charge < -0.3 is 19.5 Å². The quantitative estimate of drug-likeness (QED) is 0.384. The third kappa shape index (κ3) is 5.25. The summed E-state index contributed by atoms with van der Waals surface area (Å²) in [6.45, 7) is 2.39. The molecule has 0 saturated carbocycles. The molecule has 9 heteroatoms. The van der Waals surface area contributed by atoms with Gasteiger partial charge in [-0.15, -0.1) is 0 Å². The molecule has 0 radical (unpaired) electrons. The number of aromatic nitrogens is 4. The van der Waals surface area contributed by atoms with E-state index in [-0.39, 0.29) is 18.4 Å². The molecule has 4 rings (SSSR count). The number of nitrogens with zero attached hydrogens (tertiary/aromatic N) is 4. The van der Waals surface area contributed by atoms with Crippen molar-refractivity contribution in [2.45, 2.75) is 26.3 Å². The van der Waals surface area contributed by atoms with Crippen LogP contribution in [0.15, 0.2) is 48.5 Å². The minimum absolute atomic E-state index is 0.0944. The summed E-state index contributed by atoms with van der Waals surface area (Å²) in [6.07, 6.45) is 1.89. The van der Waals surface area contributed by atoms with Crippen LogP contribution in [0.25, 0.3) is 22.4 Å². The molecule has 2 amide bonds. The lowest BCUT2D eigenvalue weighted by molar-refractivity contribution is -0.119. The first-order chi connectivity index (χ1) is 16.9.